The summed E-state index contributed by atoms with van der Waals surface area (Å²) in [5.41, 5.74) is 3.05. The fourth-order valence-electron chi connectivity index (χ4n) is 3.38. The monoisotopic (exact) mass is 461 g/mol. The van der Waals surface area contributed by atoms with Crippen LogP contribution in [-0.2, 0) is 16.3 Å². The number of H-pyrrole nitrogens is 2. The summed E-state index contributed by atoms with van der Waals surface area (Å²) in [5, 5.41) is 14.1. The van der Waals surface area contributed by atoms with Crippen molar-refractivity contribution in [1.82, 2.24) is 35.6 Å². The Kier molecular flexibility index (Phi) is 5.31. The Bertz CT molecular complexity index is 1500. The first-order chi connectivity index (χ1) is 16.0. The predicted molar refractivity (Wildman–Crippen MR) is 121 cm³/mol. The number of aromatic amines is 2. The number of rotatable bonds is 7. The van der Waals surface area contributed by atoms with E-state index < -0.39 is 9.84 Å². The summed E-state index contributed by atoms with van der Waals surface area (Å²) in [7, 11) is -3.29. The molecule has 0 aliphatic carbocycles. The number of ether oxygens (including phenoxy) is 1. The first-order valence-electron chi connectivity index (χ1n) is 10.2. The van der Waals surface area contributed by atoms with Gasteiger partial charge in [-0.05, 0) is 42.5 Å². The summed E-state index contributed by atoms with van der Waals surface area (Å²) in [4.78, 5) is 12.5. The third-order valence-electron chi connectivity index (χ3n) is 5.10. The second-order valence-electron chi connectivity index (χ2n) is 7.26. The molecule has 0 unspecified atom stereocenters. The van der Waals surface area contributed by atoms with E-state index in [-0.39, 0.29) is 10.6 Å². The maximum absolute atomic E-state index is 12.1. The normalized spacial score (nSPS) is 11.7. The van der Waals surface area contributed by atoms with Crippen LogP contribution in [0.5, 0.6) is 11.5 Å². The van der Waals surface area contributed by atoms with E-state index >= 15 is 0 Å². The lowest BCUT2D eigenvalue weighted by molar-refractivity contribution is 0.477. The largest absolute Gasteiger partial charge is 0.457 e. The number of benzene rings is 2. The molecule has 11 heteroatoms. The number of nitrogens with zero attached hydrogens (tertiary/aromatic N) is 5. The van der Waals surface area contributed by atoms with Crippen LogP contribution in [0.1, 0.15) is 18.3 Å². The van der Waals surface area contributed by atoms with Crippen LogP contribution in [0.3, 0.4) is 0 Å². The number of tetrazole rings is 1. The number of fused-ring (bicyclic) bond motifs is 1. The molecule has 0 spiro atoms. The van der Waals surface area contributed by atoms with Gasteiger partial charge in [0.2, 0.25) is 0 Å². The average molecular weight is 462 g/mol. The third kappa shape index (κ3) is 4.30. The Hall–Kier alpha value is -4.12. The summed E-state index contributed by atoms with van der Waals surface area (Å²) in [6.45, 7) is 1.61. The van der Waals surface area contributed by atoms with Gasteiger partial charge in [-0.15, -0.1) is 10.2 Å². The van der Waals surface area contributed by atoms with Crippen LogP contribution < -0.4 is 4.74 Å². The summed E-state index contributed by atoms with van der Waals surface area (Å²) < 4.78 is 30.3. The number of imidazole rings is 1. The molecule has 5 rings (SSSR count). The second kappa shape index (κ2) is 8.43. The first-order valence-corrected chi connectivity index (χ1v) is 11.8. The zero-order valence-corrected chi connectivity index (χ0v) is 18.4. The van der Waals surface area contributed by atoms with Crippen molar-refractivity contribution in [3.8, 4) is 23.0 Å². The van der Waals surface area contributed by atoms with Crippen LogP contribution in [0.15, 0.2) is 65.7 Å². The van der Waals surface area contributed by atoms with Gasteiger partial charge in [-0.25, -0.2) is 13.4 Å². The molecule has 0 amide bonds. The van der Waals surface area contributed by atoms with E-state index in [4.69, 9.17) is 4.74 Å². The van der Waals surface area contributed by atoms with Crippen molar-refractivity contribution in [3.05, 3.63) is 72.2 Å². The van der Waals surface area contributed by atoms with Gasteiger partial charge in [0.1, 0.15) is 17.2 Å². The second-order valence-corrected chi connectivity index (χ2v) is 9.54. The van der Waals surface area contributed by atoms with Crippen molar-refractivity contribution in [2.75, 3.05) is 5.75 Å². The summed E-state index contributed by atoms with van der Waals surface area (Å²) >= 11 is 0. The van der Waals surface area contributed by atoms with E-state index in [2.05, 4.69) is 35.6 Å². The minimum atomic E-state index is -3.29. The van der Waals surface area contributed by atoms with Gasteiger partial charge < -0.3 is 9.72 Å². The molecule has 0 radical (unpaired) electrons. The van der Waals surface area contributed by atoms with Gasteiger partial charge in [0, 0.05) is 24.2 Å². The Morgan fingerprint density at radius 3 is 2.61 bits per heavy atom. The van der Waals surface area contributed by atoms with Crippen molar-refractivity contribution in [2.24, 2.45) is 0 Å². The highest BCUT2D eigenvalue weighted by Gasteiger charge is 2.16. The predicted octanol–water partition coefficient (Wildman–Crippen LogP) is 3.31. The molecule has 33 heavy (non-hydrogen) atoms. The smallest absolute Gasteiger partial charge is 0.179 e. The van der Waals surface area contributed by atoms with E-state index in [1.54, 1.807) is 37.4 Å². The number of hydrogen-bond acceptors (Lipinski definition) is 8. The molecule has 0 aliphatic rings. The van der Waals surface area contributed by atoms with Gasteiger partial charge in [0.05, 0.1) is 21.7 Å². The SMILES string of the molecule is CCS(=O)(=O)c1ccc(Oc2cc3nc(-c4ccccn4)[nH]c3cc2Cc2nn[nH]n2)cc1. The van der Waals surface area contributed by atoms with Gasteiger partial charge in [0.15, 0.2) is 21.5 Å². The lowest BCUT2D eigenvalue weighted by atomic mass is 10.1. The van der Waals surface area contributed by atoms with Gasteiger partial charge in [-0.1, -0.05) is 18.2 Å². The number of hydrogen-bond donors (Lipinski definition) is 2. The average Bonchev–Trinajstić information content (AvgIpc) is 3.50. The number of pyridine rings is 1. The molecule has 3 heterocycles. The molecule has 0 atom stereocenters. The van der Waals surface area contributed by atoms with E-state index in [1.165, 1.54) is 0 Å². The number of nitrogens with one attached hydrogen (secondary N) is 2. The fourth-order valence-corrected chi connectivity index (χ4v) is 4.26. The molecular formula is C22H19N7O3S. The lowest BCUT2D eigenvalue weighted by Crippen LogP contribution is -2.03. The summed E-state index contributed by atoms with van der Waals surface area (Å²) in [6.07, 6.45) is 2.09. The first kappa shape index (κ1) is 20.8. The van der Waals surface area contributed by atoms with Crippen LogP contribution >= 0.6 is 0 Å². The van der Waals surface area contributed by atoms with E-state index in [0.29, 0.717) is 35.1 Å². The van der Waals surface area contributed by atoms with Gasteiger partial charge in [-0.2, -0.15) is 5.21 Å². The Balaban J connectivity index is 1.54. The van der Waals surface area contributed by atoms with Crippen LogP contribution in [0.4, 0.5) is 0 Å². The van der Waals surface area contributed by atoms with Crippen molar-refractivity contribution < 1.29 is 13.2 Å². The standard InChI is InChI=1S/C22H19N7O3S/c1-2-33(30,31)16-8-6-15(7-9-16)32-20-13-19-18(11-14(20)12-21-26-28-29-27-21)24-22(25-19)17-5-3-4-10-23-17/h3-11,13H,2,12H2,1H3,(H,24,25)(H,26,27,28,29). The Morgan fingerprint density at radius 1 is 1.06 bits per heavy atom. The van der Waals surface area contributed by atoms with Crippen molar-refractivity contribution in [2.45, 2.75) is 18.2 Å². The van der Waals surface area contributed by atoms with Crippen molar-refractivity contribution in [3.63, 3.8) is 0 Å². The van der Waals surface area contributed by atoms with Crippen LogP contribution in [0.2, 0.25) is 0 Å². The Labute approximate surface area is 189 Å². The Morgan fingerprint density at radius 2 is 1.91 bits per heavy atom. The zero-order valence-electron chi connectivity index (χ0n) is 17.6. The van der Waals surface area contributed by atoms with Crippen molar-refractivity contribution >= 4 is 20.9 Å². The maximum Gasteiger partial charge on any atom is 0.179 e. The fraction of sp³-hybridized carbons (Fsp3) is 0.136. The minimum absolute atomic E-state index is 0.0382. The van der Waals surface area contributed by atoms with Gasteiger partial charge >= 0.3 is 0 Å². The highest BCUT2D eigenvalue weighted by Crippen LogP contribution is 2.32. The molecule has 0 aliphatic heterocycles. The quantitative estimate of drug-likeness (QED) is 0.376. The molecule has 2 N–H and O–H groups in total. The van der Waals surface area contributed by atoms with Crippen LogP contribution in [-0.4, -0.2) is 49.7 Å². The lowest BCUT2D eigenvalue weighted by Gasteiger charge is -2.11. The van der Waals surface area contributed by atoms with Gasteiger partial charge in [0.25, 0.3) is 0 Å². The molecule has 2 aromatic carbocycles. The number of aromatic nitrogens is 7. The molecule has 3 aromatic heterocycles. The van der Waals surface area contributed by atoms with E-state index in [9.17, 15) is 8.42 Å². The number of sulfone groups is 1. The summed E-state index contributed by atoms with van der Waals surface area (Å²) in [5.74, 6) is 2.24. The van der Waals surface area contributed by atoms with Gasteiger partial charge in [-0.3, -0.25) is 4.98 Å². The highest BCUT2D eigenvalue weighted by molar-refractivity contribution is 7.91. The molecule has 166 valence electrons. The molecule has 0 saturated carbocycles. The van der Waals surface area contributed by atoms with Crippen LogP contribution in [0.25, 0.3) is 22.6 Å². The molecule has 0 saturated heterocycles. The van der Waals surface area contributed by atoms with E-state index in [1.807, 2.05) is 30.3 Å². The third-order valence-corrected chi connectivity index (χ3v) is 6.85. The molecule has 5 aromatic rings. The summed E-state index contributed by atoms with van der Waals surface area (Å²) in [6, 6.07) is 15.7. The molecule has 0 bridgehead atoms. The molecular weight excluding hydrogens is 442 g/mol. The minimum Gasteiger partial charge on any atom is -0.457 e. The van der Waals surface area contributed by atoms with Crippen molar-refractivity contribution in [1.29, 1.82) is 0 Å². The zero-order chi connectivity index (χ0) is 22.8. The molecule has 0 fully saturated rings. The van der Waals surface area contributed by atoms with E-state index in [0.717, 1.165) is 16.8 Å². The van der Waals surface area contributed by atoms with Crippen LogP contribution in [0, 0.1) is 0 Å². The molecule has 10 nitrogen and oxygen atoms in total. The maximum atomic E-state index is 12.1. The topological polar surface area (TPSA) is 139 Å². The highest BCUT2D eigenvalue weighted by atomic mass is 32.2.